The summed E-state index contributed by atoms with van der Waals surface area (Å²) in [5, 5.41) is 0. The van der Waals surface area contributed by atoms with Crippen LogP contribution in [0.3, 0.4) is 0 Å². The van der Waals surface area contributed by atoms with Crippen molar-refractivity contribution in [3.8, 4) is 11.8 Å². The topological polar surface area (TPSA) is 3.24 Å². The number of hydrogen-bond acceptors (Lipinski definition) is 1. The second kappa shape index (κ2) is 6.54. The van der Waals surface area contributed by atoms with E-state index < -0.39 is 0 Å². The van der Waals surface area contributed by atoms with Crippen molar-refractivity contribution in [3.63, 3.8) is 0 Å². The van der Waals surface area contributed by atoms with E-state index in [4.69, 9.17) is 0 Å². The Hall–Kier alpha value is -1.16. The Morgan fingerprint density at radius 1 is 1.42 bits per heavy atom. The predicted octanol–water partition coefficient (Wildman–Crippen LogP) is 2.42. The van der Waals surface area contributed by atoms with Crippen molar-refractivity contribution in [3.05, 3.63) is 23.9 Å². The minimum atomic E-state index is 0.869. The number of nitrogens with zero attached hydrogens (tertiary/aromatic N) is 1. The van der Waals surface area contributed by atoms with Gasteiger partial charge in [0.15, 0.2) is 0 Å². The van der Waals surface area contributed by atoms with E-state index in [-0.39, 0.29) is 0 Å². The van der Waals surface area contributed by atoms with Gasteiger partial charge in [0.2, 0.25) is 0 Å². The molecule has 0 atom stereocenters. The van der Waals surface area contributed by atoms with E-state index in [9.17, 15) is 0 Å². The first kappa shape index (κ1) is 10.8. The summed E-state index contributed by atoms with van der Waals surface area (Å²) in [5.74, 6) is 5.89. The largest absolute Gasteiger partial charge is 0.383 e. The lowest BCUT2D eigenvalue weighted by Gasteiger charge is -2.01. The van der Waals surface area contributed by atoms with Crippen molar-refractivity contribution in [2.75, 3.05) is 14.1 Å². The van der Waals surface area contributed by atoms with E-state index in [0.29, 0.717) is 0 Å². The van der Waals surface area contributed by atoms with Gasteiger partial charge in [-0.2, -0.15) is 0 Å². The summed E-state index contributed by atoms with van der Waals surface area (Å²) in [6, 6.07) is 0. The van der Waals surface area contributed by atoms with Gasteiger partial charge in [0, 0.05) is 20.5 Å². The Morgan fingerprint density at radius 3 is 2.58 bits per heavy atom. The van der Waals surface area contributed by atoms with E-state index in [0.717, 1.165) is 6.42 Å². The minimum absolute atomic E-state index is 0.869. The third-order valence-electron chi connectivity index (χ3n) is 1.31. The first-order chi connectivity index (χ1) is 5.66. The molecule has 0 aliphatic carbocycles. The molecule has 0 heterocycles. The molecular weight excluding hydrogens is 146 g/mol. The van der Waals surface area contributed by atoms with Gasteiger partial charge < -0.3 is 4.90 Å². The fourth-order valence-electron chi connectivity index (χ4n) is 0.666. The van der Waals surface area contributed by atoms with Crippen molar-refractivity contribution < 1.29 is 0 Å². The molecule has 0 aromatic heterocycles. The molecular formula is C11H17N. The fraction of sp³-hybridized carbons (Fsp3) is 0.455. The molecule has 0 unspecified atom stereocenters. The van der Waals surface area contributed by atoms with Gasteiger partial charge in [-0.25, -0.2) is 0 Å². The van der Waals surface area contributed by atoms with Gasteiger partial charge in [-0.15, -0.1) is 5.92 Å². The second-order valence-corrected chi connectivity index (χ2v) is 2.92. The predicted molar refractivity (Wildman–Crippen MR) is 54.7 cm³/mol. The summed E-state index contributed by atoms with van der Waals surface area (Å²) in [4.78, 5) is 2.01. The van der Waals surface area contributed by atoms with Crippen molar-refractivity contribution in [1.29, 1.82) is 0 Å². The van der Waals surface area contributed by atoms with Crippen LogP contribution < -0.4 is 0 Å². The highest BCUT2D eigenvalue weighted by molar-refractivity contribution is 5.16. The zero-order chi connectivity index (χ0) is 9.40. The highest BCUT2D eigenvalue weighted by atomic mass is 15.0. The summed E-state index contributed by atoms with van der Waals surface area (Å²) >= 11 is 0. The lowest BCUT2D eigenvalue weighted by Crippen LogP contribution is -1.99. The van der Waals surface area contributed by atoms with E-state index in [1.807, 2.05) is 38.2 Å². The van der Waals surface area contributed by atoms with Crippen LogP contribution in [0.25, 0.3) is 0 Å². The molecule has 0 spiro atoms. The van der Waals surface area contributed by atoms with Crippen molar-refractivity contribution in [2.45, 2.75) is 20.3 Å². The van der Waals surface area contributed by atoms with E-state index in [1.165, 1.54) is 5.57 Å². The van der Waals surface area contributed by atoms with E-state index >= 15 is 0 Å². The van der Waals surface area contributed by atoms with E-state index in [2.05, 4.69) is 24.8 Å². The monoisotopic (exact) mass is 163 g/mol. The molecule has 0 amide bonds. The molecule has 0 bridgehead atoms. The summed E-state index contributed by atoms with van der Waals surface area (Å²) in [5.41, 5.74) is 1.29. The van der Waals surface area contributed by atoms with Gasteiger partial charge >= 0.3 is 0 Å². The van der Waals surface area contributed by atoms with Crippen molar-refractivity contribution >= 4 is 0 Å². The lowest BCUT2D eigenvalue weighted by atomic mass is 10.2. The molecule has 0 N–H and O–H groups in total. The normalized spacial score (nSPS) is 11.2. The highest BCUT2D eigenvalue weighted by Gasteiger charge is 1.81. The van der Waals surface area contributed by atoms with Gasteiger partial charge in [-0.1, -0.05) is 17.6 Å². The zero-order valence-electron chi connectivity index (χ0n) is 8.39. The molecule has 0 saturated heterocycles. The molecule has 0 radical (unpaired) electrons. The third-order valence-corrected chi connectivity index (χ3v) is 1.31. The molecule has 0 aromatic rings. The lowest BCUT2D eigenvalue weighted by molar-refractivity contribution is 0.564. The maximum absolute atomic E-state index is 3.02. The van der Waals surface area contributed by atoms with Gasteiger partial charge in [-0.05, 0) is 26.1 Å². The standard InChI is InChI=1S/C11H17N/c1-5-6-8-11(2)9-7-10-12(3)4/h7,9-10H,8H2,1-4H3/b10-7+,11-9-. The van der Waals surface area contributed by atoms with Crippen LogP contribution in [0.15, 0.2) is 23.9 Å². The summed E-state index contributed by atoms with van der Waals surface area (Å²) < 4.78 is 0. The molecule has 0 fully saturated rings. The molecule has 1 nitrogen and oxygen atoms in total. The molecule has 66 valence electrons. The minimum Gasteiger partial charge on any atom is -0.383 e. The van der Waals surface area contributed by atoms with Crippen LogP contribution in [-0.4, -0.2) is 19.0 Å². The van der Waals surface area contributed by atoms with Gasteiger partial charge in [0.1, 0.15) is 0 Å². The molecule has 1 heteroatoms. The average Bonchev–Trinajstić information content (AvgIpc) is 2.00. The Bertz CT molecular complexity index is 223. The number of allylic oxidation sites excluding steroid dienone is 3. The zero-order valence-corrected chi connectivity index (χ0v) is 8.39. The van der Waals surface area contributed by atoms with Crippen LogP contribution in [0, 0.1) is 11.8 Å². The Kier molecular flexibility index (Phi) is 5.91. The van der Waals surface area contributed by atoms with Crippen LogP contribution in [0.2, 0.25) is 0 Å². The van der Waals surface area contributed by atoms with Crippen LogP contribution >= 0.6 is 0 Å². The van der Waals surface area contributed by atoms with Crippen molar-refractivity contribution in [2.24, 2.45) is 0 Å². The van der Waals surface area contributed by atoms with Gasteiger partial charge in [-0.3, -0.25) is 0 Å². The molecule has 0 aromatic carbocycles. The van der Waals surface area contributed by atoms with Crippen LogP contribution in [0.1, 0.15) is 20.3 Å². The fourth-order valence-corrected chi connectivity index (χ4v) is 0.666. The maximum atomic E-state index is 3.02. The first-order valence-electron chi connectivity index (χ1n) is 4.07. The average molecular weight is 163 g/mol. The SMILES string of the molecule is CC#CC/C(C)=C\C=C\N(C)C. The molecule has 12 heavy (non-hydrogen) atoms. The molecule has 0 aliphatic rings. The molecule has 0 rings (SSSR count). The highest BCUT2D eigenvalue weighted by Crippen LogP contribution is 1.97. The summed E-state index contributed by atoms with van der Waals surface area (Å²) in [6.45, 7) is 3.95. The first-order valence-corrected chi connectivity index (χ1v) is 4.07. The number of rotatable bonds is 3. The third kappa shape index (κ3) is 6.95. The number of hydrogen-bond donors (Lipinski definition) is 0. The smallest absolute Gasteiger partial charge is 0.0299 e. The van der Waals surface area contributed by atoms with Crippen LogP contribution in [0.4, 0.5) is 0 Å². The summed E-state index contributed by atoms with van der Waals surface area (Å²) in [7, 11) is 4.01. The Balaban J connectivity index is 3.89. The Labute approximate surface area is 75.8 Å². The van der Waals surface area contributed by atoms with E-state index in [1.54, 1.807) is 0 Å². The quantitative estimate of drug-likeness (QED) is 0.456. The summed E-state index contributed by atoms with van der Waals surface area (Å²) in [6.07, 6.45) is 7.01. The Morgan fingerprint density at radius 2 is 2.08 bits per heavy atom. The van der Waals surface area contributed by atoms with Crippen LogP contribution in [-0.2, 0) is 0 Å². The van der Waals surface area contributed by atoms with Crippen LogP contribution in [0.5, 0.6) is 0 Å². The molecule has 0 saturated carbocycles. The van der Waals surface area contributed by atoms with Crippen molar-refractivity contribution in [1.82, 2.24) is 4.90 Å². The van der Waals surface area contributed by atoms with Gasteiger partial charge in [0.05, 0.1) is 0 Å². The van der Waals surface area contributed by atoms with Gasteiger partial charge in [0.25, 0.3) is 0 Å². The maximum Gasteiger partial charge on any atom is 0.0299 e. The second-order valence-electron chi connectivity index (χ2n) is 2.92. The molecule has 0 aliphatic heterocycles.